The van der Waals surface area contributed by atoms with Crippen molar-refractivity contribution in [1.82, 2.24) is 0 Å². The number of ketones is 1. The molecule has 0 saturated carbocycles. The number of aryl methyl sites for hydroxylation is 2. The molecule has 31 heavy (non-hydrogen) atoms. The summed E-state index contributed by atoms with van der Waals surface area (Å²) in [4.78, 5) is 36.2. The molecule has 2 aromatic carbocycles. The van der Waals surface area contributed by atoms with Gasteiger partial charge in [-0.1, -0.05) is 35.0 Å². The van der Waals surface area contributed by atoms with Crippen molar-refractivity contribution in [3.63, 3.8) is 0 Å². The van der Waals surface area contributed by atoms with Crippen LogP contribution in [0.3, 0.4) is 0 Å². The van der Waals surface area contributed by atoms with E-state index in [2.05, 4.69) is 15.9 Å². The number of rotatable bonds is 9. The molecule has 0 atom stereocenters. The first-order chi connectivity index (χ1) is 14.9. The molecule has 0 N–H and O–H groups in total. The Bertz CT molecular complexity index is 1150. The summed E-state index contributed by atoms with van der Waals surface area (Å²) >= 11 is 3.34. The summed E-state index contributed by atoms with van der Waals surface area (Å²) in [5.74, 6) is -0.0863. The number of hydrogen-bond donors (Lipinski definition) is 0. The number of carbonyl (C=O) groups is 2. The lowest BCUT2D eigenvalue weighted by Gasteiger charge is -2.13. The third-order valence-corrected chi connectivity index (χ3v) is 5.25. The average Bonchev–Trinajstić information content (AvgIpc) is 2.74. The van der Waals surface area contributed by atoms with Gasteiger partial charge in [0.15, 0.2) is 12.4 Å². The van der Waals surface area contributed by atoms with Gasteiger partial charge in [-0.15, -0.1) is 0 Å². The van der Waals surface area contributed by atoms with Gasteiger partial charge >= 0.3 is 11.6 Å². The van der Waals surface area contributed by atoms with E-state index in [9.17, 15) is 14.4 Å². The average molecular weight is 487 g/mol. The van der Waals surface area contributed by atoms with Crippen LogP contribution >= 0.6 is 15.9 Å². The van der Waals surface area contributed by atoms with Crippen molar-refractivity contribution in [2.75, 3.05) is 13.2 Å². The van der Waals surface area contributed by atoms with Crippen LogP contribution in [0.25, 0.3) is 11.0 Å². The topological polar surface area (TPSA) is 82.8 Å². The van der Waals surface area contributed by atoms with Gasteiger partial charge in [-0.2, -0.15) is 0 Å². The second-order valence-corrected chi connectivity index (χ2v) is 8.06. The molecule has 0 amide bonds. The van der Waals surface area contributed by atoms with Crippen LogP contribution in [0.1, 0.15) is 41.3 Å². The summed E-state index contributed by atoms with van der Waals surface area (Å²) in [6, 6.07) is 11.8. The van der Waals surface area contributed by atoms with Gasteiger partial charge in [-0.05, 0) is 49.1 Å². The fourth-order valence-corrected chi connectivity index (χ4v) is 3.37. The monoisotopic (exact) mass is 486 g/mol. The Morgan fingerprint density at radius 2 is 1.84 bits per heavy atom. The molecule has 0 unspecified atom stereocenters. The molecule has 0 radical (unpaired) electrons. The van der Waals surface area contributed by atoms with E-state index in [1.54, 1.807) is 30.3 Å². The Labute approximate surface area is 188 Å². The van der Waals surface area contributed by atoms with Crippen molar-refractivity contribution in [2.24, 2.45) is 0 Å². The Morgan fingerprint density at radius 1 is 1.10 bits per heavy atom. The SMILES string of the molecule is CCCOC(=O)CCc1cc2c(C)cc(=O)oc2cc1OCC(=O)c1ccc(Br)cc1. The maximum atomic E-state index is 12.5. The molecule has 162 valence electrons. The van der Waals surface area contributed by atoms with Crippen LogP contribution in [0.2, 0.25) is 0 Å². The van der Waals surface area contributed by atoms with E-state index in [4.69, 9.17) is 13.9 Å². The fraction of sp³-hybridized carbons (Fsp3) is 0.292. The maximum Gasteiger partial charge on any atom is 0.336 e. The number of Topliss-reactive ketones (excluding diaryl/α,β-unsaturated/α-hetero) is 1. The Balaban J connectivity index is 1.85. The minimum absolute atomic E-state index is 0.179. The largest absolute Gasteiger partial charge is 0.485 e. The maximum absolute atomic E-state index is 12.5. The van der Waals surface area contributed by atoms with E-state index in [0.29, 0.717) is 29.9 Å². The molecule has 1 aromatic heterocycles. The number of halogens is 1. The third-order valence-electron chi connectivity index (χ3n) is 4.72. The highest BCUT2D eigenvalue weighted by Crippen LogP contribution is 2.29. The Kier molecular flexibility index (Phi) is 7.63. The molecule has 7 heteroatoms. The van der Waals surface area contributed by atoms with Crippen LogP contribution in [-0.2, 0) is 16.0 Å². The number of benzene rings is 2. The molecule has 0 bridgehead atoms. The van der Waals surface area contributed by atoms with E-state index in [1.165, 1.54) is 6.07 Å². The second-order valence-electron chi connectivity index (χ2n) is 7.14. The zero-order chi connectivity index (χ0) is 22.4. The van der Waals surface area contributed by atoms with Gasteiger partial charge in [0, 0.05) is 34.0 Å². The first-order valence-corrected chi connectivity index (χ1v) is 10.8. The summed E-state index contributed by atoms with van der Waals surface area (Å²) < 4.78 is 17.1. The highest BCUT2D eigenvalue weighted by Gasteiger charge is 2.15. The normalized spacial score (nSPS) is 10.8. The zero-order valence-corrected chi connectivity index (χ0v) is 19.0. The van der Waals surface area contributed by atoms with Gasteiger partial charge < -0.3 is 13.9 Å². The van der Waals surface area contributed by atoms with E-state index < -0.39 is 5.63 Å². The number of hydrogen-bond acceptors (Lipinski definition) is 6. The minimum Gasteiger partial charge on any atom is -0.485 e. The highest BCUT2D eigenvalue weighted by molar-refractivity contribution is 9.10. The van der Waals surface area contributed by atoms with Crippen molar-refractivity contribution >= 4 is 38.7 Å². The molecule has 1 heterocycles. The molecule has 0 aliphatic rings. The molecule has 3 aromatic rings. The Hall–Kier alpha value is -2.93. The highest BCUT2D eigenvalue weighted by atomic mass is 79.9. The molecule has 3 rings (SSSR count). The van der Waals surface area contributed by atoms with Crippen LogP contribution in [0, 0.1) is 6.92 Å². The zero-order valence-electron chi connectivity index (χ0n) is 17.4. The summed E-state index contributed by atoms with van der Waals surface area (Å²) in [6.07, 6.45) is 1.31. The van der Waals surface area contributed by atoms with E-state index in [0.717, 1.165) is 27.4 Å². The van der Waals surface area contributed by atoms with Crippen LogP contribution in [0.4, 0.5) is 0 Å². The Morgan fingerprint density at radius 3 is 2.55 bits per heavy atom. The van der Waals surface area contributed by atoms with E-state index in [1.807, 2.05) is 19.9 Å². The molecular formula is C24H23BrO6. The van der Waals surface area contributed by atoms with Crippen LogP contribution < -0.4 is 10.4 Å². The number of ether oxygens (including phenoxy) is 2. The predicted molar refractivity (Wildman–Crippen MR) is 121 cm³/mol. The predicted octanol–water partition coefficient (Wildman–Crippen LogP) is 5.01. The molecule has 0 aliphatic carbocycles. The quantitative estimate of drug-likeness (QED) is 0.240. The second kappa shape index (κ2) is 10.4. The standard InChI is InChI=1S/C24H23BrO6/c1-3-10-29-23(27)9-6-17-12-19-15(2)11-24(28)31-22(19)13-21(17)30-14-20(26)16-4-7-18(25)8-5-16/h4-5,7-8,11-13H,3,6,9-10,14H2,1-2H3. The lowest BCUT2D eigenvalue weighted by atomic mass is 10.0. The molecular weight excluding hydrogens is 464 g/mol. The lowest BCUT2D eigenvalue weighted by Crippen LogP contribution is -2.13. The van der Waals surface area contributed by atoms with Crippen LogP contribution in [0.5, 0.6) is 5.75 Å². The smallest absolute Gasteiger partial charge is 0.336 e. The van der Waals surface area contributed by atoms with Gasteiger partial charge in [0.05, 0.1) is 6.61 Å². The number of fused-ring (bicyclic) bond motifs is 1. The number of carbonyl (C=O) groups excluding carboxylic acids is 2. The van der Waals surface area contributed by atoms with Crippen molar-refractivity contribution in [2.45, 2.75) is 33.1 Å². The molecule has 0 aliphatic heterocycles. The van der Waals surface area contributed by atoms with Gasteiger partial charge in [0.25, 0.3) is 0 Å². The summed E-state index contributed by atoms with van der Waals surface area (Å²) in [7, 11) is 0. The van der Waals surface area contributed by atoms with Gasteiger partial charge in [0.1, 0.15) is 11.3 Å². The molecule has 0 fully saturated rings. The van der Waals surface area contributed by atoms with Gasteiger partial charge in [0.2, 0.25) is 0 Å². The van der Waals surface area contributed by atoms with Crippen molar-refractivity contribution in [3.05, 3.63) is 74.0 Å². The van der Waals surface area contributed by atoms with Gasteiger partial charge in [-0.3, -0.25) is 9.59 Å². The van der Waals surface area contributed by atoms with E-state index >= 15 is 0 Å². The summed E-state index contributed by atoms with van der Waals surface area (Å²) in [5, 5.41) is 0.753. The first kappa shape index (κ1) is 22.7. The van der Waals surface area contributed by atoms with E-state index in [-0.39, 0.29) is 24.8 Å². The third kappa shape index (κ3) is 6.04. The molecule has 6 nitrogen and oxygen atoms in total. The van der Waals surface area contributed by atoms with Gasteiger partial charge in [-0.25, -0.2) is 4.79 Å². The lowest BCUT2D eigenvalue weighted by molar-refractivity contribution is -0.143. The number of esters is 1. The van der Waals surface area contributed by atoms with Crippen molar-refractivity contribution < 1.29 is 23.5 Å². The van der Waals surface area contributed by atoms with Crippen molar-refractivity contribution in [3.8, 4) is 5.75 Å². The van der Waals surface area contributed by atoms with Crippen LogP contribution in [-0.4, -0.2) is 25.0 Å². The van der Waals surface area contributed by atoms with Crippen molar-refractivity contribution in [1.29, 1.82) is 0 Å². The first-order valence-electron chi connectivity index (χ1n) is 10.0. The minimum atomic E-state index is -0.460. The summed E-state index contributed by atoms with van der Waals surface area (Å²) in [6.45, 7) is 3.94. The molecule has 0 spiro atoms. The molecule has 0 saturated heterocycles. The fourth-order valence-electron chi connectivity index (χ4n) is 3.11. The summed E-state index contributed by atoms with van der Waals surface area (Å²) in [5.41, 5.74) is 1.93. The van der Waals surface area contributed by atoms with Crippen LogP contribution in [0.15, 0.2) is 56.1 Å².